The number of esters is 1. The third-order valence-electron chi connectivity index (χ3n) is 5.19. The van der Waals surface area contributed by atoms with E-state index < -0.39 is 11.9 Å². The first-order valence-corrected chi connectivity index (χ1v) is 10.2. The van der Waals surface area contributed by atoms with Crippen molar-refractivity contribution in [1.82, 2.24) is 15.0 Å². The standard InChI is InChI=1S/C24H18N4O6/c1-32-24(31)15-3-2-4-16(9-15)25-23(30)18-11-17(6-7-20(18)29)28-12-19(26-27-28)14-5-8-21-22(10-14)34-13-33-21/h2-12,29H,13H2,1H3,(H,25,30). The molecule has 0 unspecified atom stereocenters. The number of nitrogens with one attached hydrogen (secondary N) is 1. The van der Waals surface area contributed by atoms with Crippen LogP contribution < -0.4 is 14.8 Å². The third-order valence-corrected chi connectivity index (χ3v) is 5.19. The lowest BCUT2D eigenvalue weighted by atomic mass is 10.1. The van der Waals surface area contributed by atoms with E-state index in [1.165, 1.54) is 30.0 Å². The van der Waals surface area contributed by atoms with Crippen LogP contribution in [0.4, 0.5) is 5.69 Å². The quantitative estimate of drug-likeness (QED) is 0.436. The zero-order valence-corrected chi connectivity index (χ0v) is 17.9. The van der Waals surface area contributed by atoms with Crippen molar-refractivity contribution in [3.8, 4) is 34.2 Å². The SMILES string of the molecule is COC(=O)c1cccc(NC(=O)c2cc(-n3cc(-c4ccc5c(c4)OCO5)nn3)ccc2O)c1. The number of amides is 1. The van der Waals surface area contributed by atoms with E-state index >= 15 is 0 Å². The number of phenols is 1. The van der Waals surface area contributed by atoms with Gasteiger partial charge in [-0.3, -0.25) is 4.79 Å². The number of rotatable bonds is 5. The summed E-state index contributed by atoms with van der Waals surface area (Å²) < 4.78 is 16.9. The molecule has 1 aromatic heterocycles. The van der Waals surface area contributed by atoms with Crippen LogP contribution in [0.3, 0.4) is 0 Å². The van der Waals surface area contributed by atoms with Gasteiger partial charge in [0.1, 0.15) is 11.4 Å². The summed E-state index contributed by atoms with van der Waals surface area (Å²) >= 11 is 0. The highest BCUT2D eigenvalue weighted by atomic mass is 16.7. The highest BCUT2D eigenvalue weighted by Crippen LogP contribution is 2.35. The Bertz CT molecular complexity index is 1410. The molecule has 2 heterocycles. The number of ether oxygens (including phenoxy) is 3. The topological polar surface area (TPSA) is 125 Å². The van der Waals surface area contributed by atoms with E-state index in [1.807, 2.05) is 12.1 Å². The van der Waals surface area contributed by atoms with Gasteiger partial charge in [0.2, 0.25) is 6.79 Å². The van der Waals surface area contributed by atoms with Crippen LogP contribution in [-0.2, 0) is 4.74 Å². The largest absolute Gasteiger partial charge is 0.507 e. The number of fused-ring (bicyclic) bond motifs is 1. The predicted octanol–water partition coefficient (Wildman–Crippen LogP) is 3.41. The molecule has 0 bridgehead atoms. The molecule has 0 fully saturated rings. The average Bonchev–Trinajstić information content (AvgIpc) is 3.53. The number of methoxy groups -OCH3 is 1. The van der Waals surface area contributed by atoms with Gasteiger partial charge in [-0.15, -0.1) is 5.10 Å². The number of hydrogen-bond acceptors (Lipinski definition) is 8. The average molecular weight is 458 g/mol. The molecular weight excluding hydrogens is 440 g/mol. The number of aromatic hydroxyl groups is 1. The Kier molecular flexibility index (Phi) is 5.30. The molecule has 0 aliphatic carbocycles. The van der Waals surface area contributed by atoms with Gasteiger partial charge in [-0.1, -0.05) is 11.3 Å². The van der Waals surface area contributed by atoms with E-state index in [0.717, 1.165) is 5.56 Å². The Labute approximate surface area is 193 Å². The maximum Gasteiger partial charge on any atom is 0.337 e. The van der Waals surface area contributed by atoms with Gasteiger partial charge in [0, 0.05) is 11.3 Å². The first-order valence-electron chi connectivity index (χ1n) is 10.2. The molecule has 170 valence electrons. The van der Waals surface area contributed by atoms with Crippen LogP contribution in [0.5, 0.6) is 17.2 Å². The Morgan fingerprint density at radius 3 is 2.76 bits per heavy atom. The van der Waals surface area contributed by atoms with E-state index in [2.05, 4.69) is 15.6 Å². The molecule has 3 aromatic carbocycles. The zero-order chi connectivity index (χ0) is 23.7. The summed E-state index contributed by atoms with van der Waals surface area (Å²) in [4.78, 5) is 24.6. The summed E-state index contributed by atoms with van der Waals surface area (Å²) in [7, 11) is 1.28. The molecule has 0 radical (unpaired) electrons. The molecule has 2 N–H and O–H groups in total. The maximum absolute atomic E-state index is 12.8. The molecule has 1 aliphatic heterocycles. The van der Waals surface area contributed by atoms with Gasteiger partial charge >= 0.3 is 5.97 Å². The van der Waals surface area contributed by atoms with Crippen LogP contribution in [0.2, 0.25) is 0 Å². The number of nitrogens with zero attached hydrogens (tertiary/aromatic N) is 3. The summed E-state index contributed by atoms with van der Waals surface area (Å²) in [5.41, 5.74) is 2.60. The van der Waals surface area contributed by atoms with Crippen LogP contribution in [0.25, 0.3) is 16.9 Å². The monoisotopic (exact) mass is 458 g/mol. The molecule has 1 amide bonds. The van der Waals surface area contributed by atoms with Crippen molar-refractivity contribution in [2.45, 2.75) is 0 Å². The fraction of sp³-hybridized carbons (Fsp3) is 0.0833. The molecule has 0 atom stereocenters. The summed E-state index contributed by atoms with van der Waals surface area (Å²) in [5, 5.41) is 21.3. The van der Waals surface area contributed by atoms with Gasteiger partial charge < -0.3 is 24.6 Å². The van der Waals surface area contributed by atoms with Crippen LogP contribution >= 0.6 is 0 Å². The molecule has 0 spiro atoms. The van der Waals surface area contributed by atoms with Gasteiger partial charge in [0.25, 0.3) is 5.91 Å². The highest BCUT2D eigenvalue weighted by molar-refractivity contribution is 6.07. The summed E-state index contributed by atoms with van der Waals surface area (Å²) in [5.74, 6) is 0.0127. The van der Waals surface area contributed by atoms with Crippen molar-refractivity contribution in [3.63, 3.8) is 0 Å². The minimum Gasteiger partial charge on any atom is -0.507 e. The van der Waals surface area contributed by atoms with E-state index in [4.69, 9.17) is 14.2 Å². The normalized spacial score (nSPS) is 11.8. The number of benzene rings is 3. The van der Waals surface area contributed by atoms with Crippen molar-refractivity contribution in [1.29, 1.82) is 0 Å². The van der Waals surface area contributed by atoms with Crippen molar-refractivity contribution < 1.29 is 28.9 Å². The van der Waals surface area contributed by atoms with Crippen molar-refractivity contribution in [3.05, 3.63) is 78.0 Å². The summed E-state index contributed by atoms with van der Waals surface area (Å²) in [6.07, 6.45) is 1.70. The van der Waals surface area contributed by atoms with Gasteiger partial charge in [-0.2, -0.15) is 0 Å². The van der Waals surface area contributed by atoms with Crippen molar-refractivity contribution in [2.75, 3.05) is 19.2 Å². The Hall–Kier alpha value is -4.86. The Morgan fingerprint density at radius 1 is 1.06 bits per heavy atom. The second kappa shape index (κ2) is 8.58. The van der Waals surface area contributed by atoms with Crippen LogP contribution in [0.15, 0.2) is 66.9 Å². The first-order chi connectivity index (χ1) is 16.5. The van der Waals surface area contributed by atoms with Crippen LogP contribution in [0.1, 0.15) is 20.7 Å². The third kappa shape index (κ3) is 3.99. The van der Waals surface area contributed by atoms with Gasteiger partial charge in [-0.25, -0.2) is 9.48 Å². The molecule has 1 aliphatic rings. The molecule has 0 saturated heterocycles. The lowest BCUT2D eigenvalue weighted by Gasteiger charge is -2.10. The lowest BCUT2D eigenvalue weighted by Crippen LogP contribution is -2.13. The number of carbonyl (C=O) groups excluding carboxylic acids is 2. The maximum atomic E-state index is 12.8. The fourth-order valence-electron chi connectivity index (χ4n) is 3.47. The number of hydrogen-bond donors (Lipinski definition) is 2. The molecule has 0 saturated carbocycles. The first kappa shape index (κ1) is 21.0. The number of anilines is 1. The van der Waals surface area contributed by atoms with Gasteiger partial charge in [-0.05, 0) is 54.6 Å². The molecule has 10 nitrogen and oxygen atoms in total. The van der Waals surface area contributed by atoms with E-state index in [1.54, 1.807) is 36.5 Å². The molecule has 34 heavy (non-hydrogen) atoms. The second-order valence-corrected chi connectivity index (χ2v) is 7.34. The summed E-state index contributed by atoms with van der Waals surface area (Å²) in [6.45, 7) is 0.177. The number of carbonyl (C=O) groups is 2. The molecule has 10 heteroatoms. The van der Waals surface area contributed by atoms with Gasteiger partial charge in [0.15, 0.2) is 11.5 Å². The number of phenolic OH excluding ortho intramolecular Hbond substituents is 1. The smallest absolute Gasteiger partial charge is 0.337 e. The minimum atomic E-state index is -0.558. The second-order valence-electron chi connectivity index (χ2n) is 7.34. The number of aromatic nitrogens is 3. The van der Waals surface area contributed by atoms with Crippen LogP contribution in [-0.4, -0.2) is 45.9 Å². The minimum absolute atomic E-state index is 0.0288. The van der Waals surface area contributed by atoms with E-state index in [9.17, 15) is 14.7 Å². The zero-order valence-electron chi connectivity index (χ0n) is 17.9. The fourth-order valence-corrected chi connectivity index (χ4v) is 3.47. The predicted molar refractivity (Wildman–Crippen MR) is 120 cm³/mol. The molecule has 5 rings (SSSR count). The molecular formula is C24H18N4O6. The Balaban J connectivity index is 1.39. The summed E-state index contributed by atoms with van der Waals surface area (Å²) in [6, 6.07) is 16.3. The van der Waals surface area contributed by atoms with Crippen LogP contribution in [0, 0.1) is 0 Å². The van der Waals surface area contributed by atoms with E-state index in [-0.39, 0.29) is 23.7 Å². The Morgan fingerprint density at radius 2 is 1.91 bits per heavy atom. The molecule has 4 aromatic rings. The highest BCUT2D eigenvalue weighted by Gasteiger charge is 2.17. The van der Waals surface area contributed by atoms with Gasteiger partial charge in [0.05, 0.1) is 30.1 Å². The lowest BCUT2D eigenvalue weighted by molar-refractivity contribution is 0.0600. The van der Waals surface area contributed by atoms with Crippen molar-refractivity contribution in [2.24, 2.45) is 0 Å². The van der Waals surface area contributed by atoms with E-state index in [0.29, 0.717) is 28.6 Å². The van der Waals surface area contributed by atoms with Crippen molar-refractivity contribution >= 4 is 17.6 Å².